The van der Waals surface area contributed by atoms with Crippen LogP contribution < -0.4 is 5.73 Å². The van der Waals surface area contributed by atoms with Crippen LogP contribution >= 0.6 is 11.6 Å². The number of amides is 1. The number of benzene rings is 1. The maximum absolute atomic E-state index is 11.3. The van der Waals surface area contributed by atoms with Gasteiger partial charge in [0.25, 0.3) is 0 Å². The Labute approximate surface area is 127 Å². The number of hydrogen-bond donors (Lipinski definition) is 2. The zero-order valence-corrected chi connectivity index (χ0v) is 12.2. The molecule has 5 nitrogen and oxygen atoms in total. The van der Waals surface area contributed by atoms with Crippen molar-refractivity contribution in [3.63, 3.8) is 0 Å². The summed E-state index contributed by atoms with van der Waals surface area (Å²) in [6, 6.07) is 5.46. The lowest BCUT2D eigenvalue weighted by Crippen LogP contribution is -2.32. The van der Waals surface area contributed by atoms with Crippen molar-refractivity contribution in [2.24, 2.45) is 11.7 Å². The highest BCUT2D eigenvalue weighted by Crippen LogP contribution is 2.43. The predicted molar refractivity (Wildman–Crippen MR) is 78.1 cm³/mol. The molecule has 3 atom stereocenters. The fourth-order valence-corrected chi connectivity index (χ4v) is 3.88. The molecule has 3 unspecified atom stereocenters. The summed E-state index contributed by atoms with van der Waals surface area (Å²) in [5, 5.41) is 9.77. The molecule has 2 aliphatic rings. The van der Waals surface area contributed by atoms with Gasteiger partial charge in [-0.2, -0.15) is 0 Å². The molecule has 3 rings (SSSR count). The van der Waals surface area contributed by atoms with Crippen molar-refractivity contribution < 1.29 is 14.7 Å². The fraction of sp³-hybridized carbons (Fsp3) is 0.467. The van der Waals surface area contributed by atoms with Crippen molar-refractivity contribution in [1.29, 1.82) is 0 Å². The summed E-state index contributed by atoms with van der Waals surface area (Å²) in [6.45, 7) is 0.622. The Morgan fingerprint density at radius 3 is 2.71 bits per heavy atom. The van der Waals surface area contributed by atoms with Crippen molar-refractivity contribution in [2.75, 3.05) is 0 Å². The molecule has 1 aromatic rings. The third-order valence-electron chi connectivity index (χ3n) is 4.69. The Morgan fingerprint density at radius 1 is 1.38 bits per heavy atom. The summed E-state index contributed by atoms with van der Waals surface area (Å²) in [5.41, 5.74) is 6.52. The first-order valence-electron chi connectivity index (χ1n) is 7.04. The number of halogens is 1. The van der Waals surface area contributed by atoms with Gasteiger partial charge in [0.1, 0.15) is 0 Å². The molecule has 0 saturated carbocycles. The number of nitrogens with two attached hydrogens (primary N) is 1. The van der Waals surface area contributed by atoms with Crippen LogP contribution in [-0.4, -0.2) is 34.0 Å². The van der Waals surface area contributed by atoms with Crippen molar-refractivity contribution in [3.8, 4) is 0 Å². The van der Waals surface area contributed by atoms with Gasteiger partial charge in [0.15, 0.2) is 0 Å². The summed E-state index contributed by atoms with van der Waals surface area (Å²) in [6.07, 6.45) is 2.70. The first kappa shape index (κ1) is 14.4. The second-order valence-corrected chi connectivity index (χ2v) is 6.23. The minimum atomic E-state index is -0.706. The van der Waals surface area contributed by atoms with Crippen LogP contribution in [0.3, 0.4) is 0 Å². The van der Waals surface area contributed by atoms with Crippen LogP contribution in [0.2, 0.25) is 5.02 Å². The summed E-state index contributed by atoms with van der Waals surface area (Å²) in [7, 11) is 0. The molecule has 6 heteroatoms. The monoisotopic (exact) mass is 308 g/mol. The van der Waals surface area contributed by atoms with E-state index in [-0.39, 0.29) is 12.0 Å². The van der Waals surface area contributed by atoms with Crippen LogP contribution in [0.5, 0.6) is 0 Å². The molecule has 0 spiro atoms. The first-order chi connectivity index (χ1) is 9.97. The zero-order valence-electron chi connectivity index (χ0n) is 11.5. The number of carboxylic acid groups (broad SMARTS) is 1. The fourth-order valence-electron chi connectivity index (χ4n) is 3.64. The molecule has 2 aliphatic heterocycles. The molecule has 2 fully saturated rings. The van der Waals surface area contributed by atoms with E-state index in [1.54, 1.807) is 18.2 Å². The minimum absolute atomic E-state index is 0.0967. The summed E-state index contributed by atoms with van der Waals surface area (Å²) in [4.78, 5) is 24.6. The van der Waals surface area contributed by atoms with E-state index in [4.69, 9.17) is 17.3 Å². The second kappa shape index (κ2) is 5.31. The highest BCUT2D eigenvalue weighted by Gasteiger charge is 2.49. The number of nitrogens with zero attached hydrogens (tertiary/aromatic N) is 1. The number of rotatable bonds is 4. The highest BCUT2D eigenvalue weighted by molar-refractivity contribution is 6.31. The van der Waals surface area contributed by atoms with Crippen molar-refractivity contribution >= 4 is 23.5 Å². The number of primary amides is 1. The largest absolute Gasteiger partial charge is 0.481 e. The van der Waals surface area contributed by atoms with Crippen molar-refractivity contribution in [2.45, 2.75) is 37.9 Å². The van der Waals surface area contributed by atoms with Gasteiger partial charge in [-0.3, -0.25) is 14.5 Å². The average Bonchev–Trinajstić information content (AvgIpc) is 2.98. The van der Waals surface area contributed by atoms with Crippen LogP contribution in [0.1, 0.15) is 35.2 Å². The van der Waals surface area contributed by atoms with Crippen LogP contribution in [0.15, 0.2) is 18.2 Å². The highest BCUT2D eigenvalue weighted by atomic mass is 35.5. The average molecular weight is 309 g/mol. The predicted octanol–water partition coefficient (Wildman–Crippen LogP) is 1.88. The van der Waals surface area contributed by atoms with Crippen LogP contribution in [-0.2, 0) is 11.3 Å². The molecule has 21 heavy (non-hydrogen) atoms. The van der Waals surface area contributed by atoms with Gasteiger partial charge in [-0.05, 0) is 37.0 Å². The Balaban J connectivity index is 1.79. The number of carboxylic acids is 1. The third kappa shape index (κ3) is 2.51. The van der Waals surface area contributed by atoms with E-state index in [1.807, 2.05) is 0 Å². The Kier molecular flexibility index (Phi) is 3.63. The van der Waals surface area contributed by atoms with Crippen LogP contribution in [0.25, 0.3) is 0 Å². The molecule has 1 amide bonds. The van der Waals surface area contributed by atoms with E-state index in [9.17, 15) is 14.7 Å². The number of hydrogen-bond acceptors (Lipinski definition) is 3. The molecular formula is C15H17ClN2O3. The van der Waals surface area contributed by atoms with E-state index in [0.29, 0.717) is 23.2 Å². The molecule has 0 radical (unpaired) electrons. The van der Waals surface area contributed by atoms with Gasteiger partial charge in [0, 0.05) is 29.2 Å². The molecule has 2 bridgehead atoms. The lowest BCUT2D eigenvalue weighted by atomic mass is 9.89. The Hall–Kier alpha value is -1.59. The van der Waals surface area contributed by atoms with Gasteiger partial charge in [-0.15, -0.1) is 0 Å². The smallest absolute Gasteiger partial charge is 0.308 e. The summed E-state index contributed by atoms with van der Waals surface area (Å²) >= 11 is 6.22. The Morgan fingerprint density at radius 2 is 2.14 bits per heavy atom. The summed E-state index contributed by atoms with van der Waals surface area (Å²) in [5.74, 6) is -1.48. The summed E-state index contributed by atoms with van der Waals surface area (Å²) < 4.78 is 0. The number of carbonyl (C=O) groups excluding carboxylic acids is 1. The van der Waals surface area contributed by atoms with Gasteiger partial charge < -0.3 is 10.8 Å². The molecule has 112 valence electrons. The van der Waals surface area contributed by atoms with E-state index in [2.05, 4.69) is 4.90 Å². The van der Waals surface area contributed by atoms with Gasteiger partial charge >= 0.3 is 5.97 Å². The number of aliphatic carboxylic acids is 1. The molecule has 1 aromatic carbocycles. The number of carbonyl (C=O) groups is 2. The zero-order chi connectivity index (χ0) is 15.1. The van der Waals surface area contributed by atoms with Crippen molar-refractivity contribution in [3.05, 3.63) is 34.3 Å². The topological polar surface area (TPSA) is 83.6 Å². The van der Waals surface area contributed by atoms with Gasteiger partial charge in [0.05, 0.1) is 5.92 Å². The lowest BCUT2D eigenvalue weighted by molar-refractivity contribution is -0.142. The molecule has 2 saturated heterocycles. The quantitative estimate of drug-likeness (QED) is 0.889. The minimum Gasteiger partial charge on any atom is -0.481 e. The van der Waals surface area contributed by atoms with Gasteiger partial charge in [-0.1, -0.05) is 17.7 Å². The van der Waals surface area contributed by atoms with E-state index >= 15 is 0 Å². The first-order valence-corrected chi connectivity index (χ1v) is 7.42. The molecule has 2 heterocycles. The maximum Gasteiger partial charge on any atom is 0.308 e. The molecular weight excluding hydrogens is 292 g/mol. The maximum atomic E-state index is 11.3. The van der Waals surface area contributed by atoms with Gasteiger partial charge in [-0.25, -0.2) is 0 Å². The molecule has 0 aliphatic carbocycles. The standard InChI is InChI=1S/C15H17ClN2O3/c16-12-5-8(14(17)19)1-2-9(12)7-18-10-3-4-13(18)11(6-10)15(20)21/h1-2,5,10-11,13H,3-4,6-7H2,(H2,17,19)(H,20,21). The molecule has 0 aromatic heterocycles. The van der Waals surface area contributed by atoms with Crippen LogP contribution in [0, 0.1) is 5.92 Å². The van der Waals surface area contributed by atoms with Crippen molar-refractivity contribution in [1.82, 2.24) is 4.90 Å². The van der Waals surface area contributed by atoms with Gasteiger partial charge in [0.2, 0.25) is 5.91 Å². The van der Waals surface area contributed by atoms with E-state index in [0.717, 1.165) is 24.8 Å². The van der Waals surface area contributed by atoms with Crippen LogP contribution in [0.4, 0.5) is 0 Å². The third-order valence-corrected chi connectivity index (χ3v) is 5.04. The Bertz CT molecular complexity index is 605. The number of fused-ring (bicyclic) bond motifs is 2. The second-order valence-electron chi connectivity index (χ2n) is 5.82. The van der Waals surface area contributed by atoms with E-state index < -0.39 is 11.9 Å². The lowest BCUT2D eigenvalue weighted by Gasteiger charge is -2.23. The molecule has 3 N–H and O–H groups in total. The SMILES string of the molecule is NC(=O)c1ccc(CN2C3CCC2C(C(=O)O)C3)c(Cl)c1. The van der Waals surface area contributed by atoms with E-state index in [1.165, 1.54) is 0 Å². The normalized spacial score (nSPS) is 28.0.